The van der Waals surface area contributed by atoms with Gasteiger partial charge in [-0.2, -0.15) is 5.10 Å². The molecule has 2 aromatic heterocycles. The molecule has 24 heavy (non-hydrogen) atoms. The molecule has 3 heterocycles. The molecule has 0 bridgehead atoms. The molecule has 0 N–H and O–H groups in total. The number of hydrogen-bond acceptors (Lipinski definition) is 3. The van der Waals surface area contributed by atoms with Crippen LogP contribution in [0.5, 0.6) is 0 Å². The van der Waals surface area contributed by atoms with E-state index in [0.717, 1.165) is 31.0 Å². The zero-order valence-corrected chi connectivity index (χ0v) is 13.9. The Balaban J connectivity index is 1.43. The monoisotopic (exact) mass is 340 g/mol. The topological polar surface area (TPSA) is 50.5 Å². The fourth-order valence-electron chi connectivity index (χ4n) is 3.27. The molecule has 1 aromatic carbocycles. The average molecular weight is 341 g/mol. The molecular weight excluding hydrogens is 324 g/mol. The van der Waals surface area contributed by atoms with Gasteiger partial charge in [-0.1, -0.05) is 23.7 Å². The van der Waals surface area contributed by atoms with Gasteiger partial charge in [-0.25, -0.2) is 9.50 Å². The van der Waals surface area contributed by atoms with Crippen LogP contribution >= 0.6 is 11.6 Å². The maximum atomic E-state index is 12.7. The third-order valence-electron chi connectivity index (χ3n) is 4.54. The molecular formula is C18H17ClN4O. The smallest absolute Gasteiger partial charge is 0.254 e. The number of carbonyl (C=O) groups excluding carboxylic acids is 1. The summed E-state index contributed by atoms with van der Waals surface area (Å²) in [4.78, 5) is 18.8. The molecule has 1 aliphatic rings. The number of fused-ring (bicyclic) bond motifs is 1. The third-order valence-corrected chi connectivity index (χ3v) is 4.79. The van der Waals surface area contributed by atoms with E-state index in [0.29, 0.717) is 17.1 Å². The van der Waals surface area contributed by atoms with E-state index in [1.54, 1.807) is 22.8 Å². The highest BCUT2D eigenvalue weighted by Gasteiger charge is 2.27. The number of hydrogen-bond donors (Lipinski definition) is 0. The highest BCUT2D eigenvalue weighted by Crippen LogP contribution is 2.23. The fourth-order valence-corrected chi connectivity index (χ4v) is 3.39. The van der Waals surface area contributed by atoms with Crippen LogP contribution < -0.4 is 0 Å². The van der Waals surface area contributed by atoms with Crippen molar-refractivity contribution < 1.29 is 4.79 Å². The zero-order chi connectivity index (χ0) is 16.5. The first-order chi connectivity index (χ1) is 11.7. The summed E-state index contributed by atoms with van der Waals surface area (Å²) in [5, 5.41) is 4.81. The van der Waals surface area contributed by atoms with Crippen LogP contribution in [0.25, 0.3) is 5.65 Å². The lowest BCUT2D eigenvalue weighted by molar-refractivity contribution is 0.0787. The average Bonchev–Trinajstić information content (AvgIpc) is 3.24. The molecule has 122 valence electrons. The second kappa shape index (κ2) is 6.24. The summed E-state index contributed by atoms with van der Waals surface area (Å²) < 4.78 is 1.66. The SMILES string of the molecule is O=C(c1ccn2ncnc2c1)N1CCC(Cc2ccc(Cl)cc2)C1. The highest BCUT2D eigenvalue weighted by atomic mass is 35.5. The van der Waals surface area contributed by atoms with Gasteiger partial charge in [0.15, 0.2) is 5.65 Å². The lowest BCUT2D eigenvalue weighted by Crippen LogP contribution is -2.29. The van der Waals surface area contributed by atoms with E-state index in [9.17, 15) is 4.79 Å². The van der Waals surface area contributed by atoms with Crippen molar-refractivity contribution in [2.24, 2.45) is 5.92 Å². The summed E-state index contributed by atoms with van der Waals surface area (Å²) in [5.74, 6) is 0.561. The van der Waals surface area contributed by atoms with Crippen molar-refractivity contribution in [1.29, 1.82) is 0 Å². The molecule has 0 aliphatic carbocycles. The first-order valence-electron chi connectivity index (χ1n) is 8.02. The number of amides is 1. The van der Waals surface area contributed by atoms with Gasteiger partial charge in [-0.3, -0.25) is 4.79 Å². The first kappa shape index (κ1) is 15.1. The van der Waals surface area contributed by atoms with Crippen LogP contribution in [0.2, 0.25) is 5.02 Å². The molecule has 1 unspecified atom stereocenters. The molecule has 0 saturated carbocycles. The predicted molar refractivity (Wildman–Crippen MR) is 92.2 cm³/mol. The maximum absolute atomic E-state index is 12.7. The lowest BCUT2D eigenvalue weighted by atomic mass is 9.99. The third kappa shape index (κ3) is 2.99. The Kier molecular flexibility index (Phi) is 3.94. The number of nitrogens with zero attached hydrogens (tertiary/aromatic N) is 4. The zero-order valence-electron chi connectivity index (χ0n) is 13.1. The minimum atomic E-state index is 0.0686. The minimum absolute atomic E-state index is 0.0686. The minimum Gasteiger partial charge on any atom is -0.338 e. The van der Waals surface area contributed by atoms with E-state index in [-0.39, 0.29) is 5.91 Å². The Bertz CT molecular complexity index is 874. The van der Waals surface area contributed by atoms with E-state index in [2.05, 4.69) is 22.2 Å². The summed E-state index contributed by atoms with van der Waals surface area (Å²) in [6, 6.07) is 11.6. The number of pyridine rings is 1. The van der Waals surface area contributed by atoms with Crippen molar-refractivity contribution in [3.63, 3.8) is 0 Å². The molecule has 0 radical (unpaired) electrons. The van der Waals surface area contributed by atoms with Gasteiger partial charge in [-0.05, 0) is 48.6 Å². The van der Waals surface area contributed by atoms with Crippen molar-refractivity contribution in [3.8, 4) is 0 Å². The molecule has 4 rings (SSSR count). The Labute approximate surface area is 144 Å². The molecule has 1 fully saturated rings. The Hall–Kier alpha value is -2.40. The van der Waals surface area contributed by atoms with Crippen molar-refractivity contribution >= 4 is 23.2 Å². The Morgan fingerprint density at radius 3 is 2.92 bits per heavy atom. The van der Waals surface area contributed by atoms with Crippen molar-refractivity contribution in [3.05, 3.63) is 65.1 Å². The molecule has 1 amide bonds. The molecule has 3 aromatic rings. The summed E-state index contributed by atoms with van der Waals surface area (Å²) >= 11 is 5.93. The van der Waals surface area contributed by atoms with E-state index < -0.39 is 0 Å². The summed E-state index contributed by atoms with van der Waals surface area (Å²) in [6.45, 7) is 1.59. The van der Waals surface area contributed by atoms with Crippen LogP contribution in [0.4, 0.5) is 0 Å². The van der Waals surface area contributed by atoms with Crippen molar-refractivity contribution in [1.82, 2.24) is 19.5 Å². The largest absolute Gasteiger partial charge is 0.338 e. The summed E-state index contributed by atoms with van der Waals surface area (Å²) in [6.07, 6.45) is 5.27. The van der Waals surface area contributed by atoms with Gasteiger partial charge in [-0.15, -0.1) is 0 Å². The number of rotatable bonds is 3. The van der Waals surface area contributed by atoms with Crippen LogP contribution in [0.15, 0.2) is 48.9 Å². The number of carbonyl (C=O) groups is 1. The summed E-state index contributed by atoms with van der Waals surface area (Å²) in [7, 11) is 0. The van der Waals surface area contributed by atoms with Gasteiger partial charge >= 0.3 is 0 Å². The van der Waals surface area contributed by atoms with E-state index >= 15 is 0 Å². The first-order valence-corrected chi connectivity index (χ1v) is 8.40. The lowest BCUT2D eigenvalue weighted by Gasteiger charge is -2.16. The molecule has 1 atom stereocenters. The second-order valence-electron chi connectivity index (χ2n) is 6.21. The van der Waals surface area contributed by atoms with E-state index in [1.165, 1.54) is 11.9 Å². The van der Waals surface area contributed by atoms with E-state index in [4.69, 9.17) is 11.6 Å². The fraction of sp³-hybridized carbons (Fsp3) is 0.278. The van der Waals surface area contributed by atoms with E-state index in [1.807, 2.05) is 17.0 Å². The molecule has 0 spiro atoms. The van der Waals surface area contributed by atoms with Gasteiger partial charge in [0.25, 0.3) is 5.91 Å². The molecule has 1 aliphatic heterocycles. The molecule has 5 nitrogen and oxygen atoms in total. The maximum Gasteiger partial charge on any atom is 0.254 e. The van der Waals surface area contributed by atoms with Gasteiger partial charge in [0.05, 0.1) is 0 Å². The normalized spacial score (nSPS) is 17.5. The van der Waals surface area contributed by atoms with Crippen LogP contribution in [0.1, 0.15) is 22.3 Å². The standard InChI is InChI=1S/C18H17ClN4O/c19-16-3-1-13(2-4-16)9-14-5-7-22(11-14)18(24)15-6-8-23-17(10-15)20-12-21-23/h1-4,6,8,10,12,14H,5,7,9,11H2. The number of aromatic nitrogens is 3. The van der Waals surface area contributed by atoms with Crippen molar-refractivity contribution in [2.45, 2.75) is 12.8 Å². The predicted octanol–water partition coefficient (Wildman–Crippen LogP) is 3.09. The summed E-state index contributed by atoms with van der Waals surface area (Å²) in [5.41, 5.74) is 2.63. The van der Waals surface area contributed by atoms with Crippen LogP contribution in [0.3, 0.4) is 0 Å². The number of benzene rings is 1. The molecule has 1 saturated heterocycles. The second-order valence-corrected chi connectivity index (χ2v) is 6.65. The van der Waals surface area contributed by atoms with Gasteiger partial charge in [0, 0.05) is 29.9 Å². The van der Waals surface area contributed by atoms with Gasteiger partial charge in [0.2, 0.25) is 0 Å². The van der Waals surface area contributed by atoms with Crippen molar-refractivity contribution in [2.75, 3.05) is 13.1 Å². The number of likely N-dealkylation sites (tertiary alicyclic amines) is 1. The number of halogens is 1. The van der Waals surface area contributed by atoms with Crippen LogP contribution in [0, 0.1) is 5.92 Å². The van der Waals surface area contributed by atoms with Crippen LogP contribution in [-0.4, -0.2) is 38.5 Å². The van der Waals surface area contributed by atoms with Gasteiger partial charge in [0.1, 0.15) is 6.33 Å². The quantitative estimate of drug-likeness (QED) is 0.736. The highest BCUT2D eigenvalue weighted by molar-refractivity contribution is 6.30. The Morgan fingerprint density at radius 2 is 2.08 bits per heavy atom. The van der Waals surface area contributed by atoms with Crippen LogP contribution in [-0.2, 0) is 6.42 Å². The Morgan fingerprint density at radius 1 is 1.25 bits per heavy atom. The van der Waals surface area contributed by atoms with Gasteiger partial charge < -0.3 is 4.90 Å². The molecule has 6 heteroatoms.